The number of hydrogen-bond donors (Lipinski definition) is 0. The first-order valence-electron chi connectivity index (χ1n) is 16.2. The van der Waals surface area contributed by atoms with Crippen LogP contribution in [-0.4, -0.2) is 14.0 Å². The highest BCUT2D eigenvalue weighted by atomic mass is 32.1. The number of nitrogens with zero attached hydrogens (tertiary/aromatic N) is 4. The molecule has 0 unspecified atom stereocenters. The second-order valence-corrected chi connectivity index (χ2v) is 13.5. The van der Waals surface area contributed by atoms with Crippen molar-refractivity contribution in [2.24, 2.45) is 0 Å². The lowest BCUT2D eigenvalue weighted by Crippen LogP contribution is -2.56. The molecule has 6 aromatic carbocycles. The van der Waals surface area contributed by atoms with Crippen LogP contribution in [0.15, 0.2) is 158 Å². The van der Waals surface area contributed by atoms with Crippen LogP contribution in [0.25, 0.3) is 22.3 Å². The summed E-state index contributed by atoms with van der Waals surface area (Å²) < 4.78 is 0. The number of para-hydroxylation sites is 4. The van der Waals surface area contributed by atoms with Crippen LogP contribution in [0.2, 0.25) is 0 Å². The highest BCUT2D eigenvalue weighted by molar-refractivity contribution is 7.25. The van der Waals surface area contributed by atoms with Crippen molar-refractivity contribution in [2.75, 3.05) is 19.2 Å². The molecule has 0 amide bonds. The zero-order valence-corrected chi connectivity index (χ0v) is 26.2. The number of benzene rings is 6. The molecule has 4 aliphatic heterocycles. The van der Waals surface area contributed by atoms with Gasteiger partial charge in [0.15, 0.2) is 0 Å². The first-order valence-corrected chi connectivity index (χ1v) is 17.0. The minimum atomic E-state index is -0.00938. The van der Waals surface area contributed by atoms with Crippen molar-refractivity contribution in [1.29, 1.82) is 0 Å². The Morgan fingerprint density at radius 3 is 1.15 bits per heavy atom. The van der Waals surface area contributed by atoms with Gasteiger partial charge < -0.3 is 19.2 Å². The third kappa shape index (κ3) is 3.29. The van der Waals surface area contributed by atoms with E-state index in [0.29, 0.717) is 0 Å². The lowest BCUT2D eigenvalue weighted by molar-refractivity contribution is 1.36. The predicted molar refractivity (Wildman–Crippen MR) is 200 cm³/mol. The van der Waals surface area contributed by atoms with Gasteiger partial charge in [-0.2, -0.15) is 0 Å². The summed E-state index contributed by atoms with van der Waals surface area (Å²) in [7, 11) is 0. The summed E-state index contributed by atoms with van der Waals surface area (Å²) in [6.45, 7) is -0.0188. The maximum absolute atomic E-state index is 2.60. The predicted octanol–water partition coefficient (Wildman–Crippen LogP) is 9.08. The van der Waals surface area contributed by atoms with Crippen LogP contribution in [0.1, 0.15) is 0 Å². The second kappa shape index (κ2) is 9.44. The number of rotatable bonds is 2. The van der Waals surface area contributed by atoms with Gasteiger partial charge in [0.2, 0.25) is 0 Å². The molecule has 0 aliphatic carbocycles. The van der Waals surface area contributed by atoms with Crippen LogP contribution in [0.4, 0.5) is 44.1 Å². The number of hydrogen-bond acceptors (Lipinski definition) is 5. The highest BCUT2D eigenvalue weighted by Crippen LogP contribution is 2.66. The Hall–Kier alpha value is -5.65. The van der Waals surface area contributed by atoms with Gasteiger partial charge in [0.05, 0.1) is 11.4 Å². The Bertz CT molecular complexity index is 2210. The van der Waals surface area contributed by atoms with Crippen molar-refractivity contribution < 1.29 is 0 Å². The van der Waals surface area contributed by atoms with E-state index in [-0.39, 0.29) is 14.0 Å². The maximum Gasteiger partial charge on any atom is 0.422 e. The van der Waals surface area contributed by atoms with Crippen molar-refractivity contribution in [2.45, 2.75) is 0 Å². The molecule has 1 aromatic heterocycles. The third-order valence-corrected chi connectivity index (χ3v) is 11.3. The standard InChI is InChI=1S/C40H26B2N4S/c1-3-15-27(16-4-1)43-37-38-40(47-39(37)45-35-25-13-9-21-31(35)29-19-7-11-23-33(29)41(43)45)46-36-26-14-10-22-32(36)30-20-8-12-24-34(30)42(46)44(38)28-17-5-2-6-18-28/h1-26H. The molecule has 7 aromatic rings. The summed E-state index contributed by atoms with van der Waals surface area (Å²) >= 11 is 1.92. The van der Waals surface area contributed by atoms with E-state index in [2.05, 4.69) is 177 Å². The van der Waals surface area contributed by atoms with E-state index in [9.17, 15) is 0 Å². The molecule has 7 heteroatoms. The average molecular weight is 616 g/mol. The molecule has 0 atom stereocenters. The van der Waals surface area contributed by atoms with Crippen molar-refractivity contribution >= 4 is 80.4 Å². The summed E-state index contributed by atoms with van der Waals surface area (Å²) in [4.78, 5) is 10.4. The molecule has 11 rings (SSSR count). The van der Waals surface area contributed by atoms with Crippen LogP contribution in [-0.2, 0) is 0 Å². The van der Waals surface area contributed by atoms with Crippen LogP contribution in [0, 0.1) is 0 Å². The third-order valence-electron chi connectivity index (χ3n) is 10.2. The van der Waals surface area contributed by atoms with E-state index in [1.54, 1.807) is 0 Å². The van der Waals surface area contributed by atoms with E-state index in [1.165, 1.54) is 77.3 Å². The summed E-state index contributed by atoms with van der Waals surface area (Å²) in [5, 5.41) is 2.56. The number of fused-ring (bicyclic) bond motifs is 17. The second-order valence-electron chi connectivity index (χ2n) is 12.5. The number of thiophene rings is 1. The van der Waals surface area contributed by atoms with Gasteiger partial charge in [-0.15, -0.1) is 0 Å². The fourth-order valence-electron chi connectivity index (χ4n) is 8.36. The zero-order chi connectivity index (χ0) is 30.6. The normalized spacial score (nSPS) is 14.6. The Labute approximate surface area is 278 Å². The van der Waals surface area contributed by atoms with Gasteiger partial charge in [-0.05, 0) is 58.5 Å². The molecule has 5 heterocycles. The molecule has 0 spiro atoms. The SMILES string of the molecule is c1ccc(N2B3c4ccccc4-c4ccccc4N3c3sc4c(c32)N(c2ccccc2)B2c3ccccc3-c3ccccc3N24)cc1. The average Bonchev–Trinajstić information content (AvgIpc) is 3.79. The fourth-order valence-corrected chi connectivity index (χ4v) is 9.72. The molecule has 0 radical (unpaired) electrons. The Morgan fingerprint density at radius 1 is 0.340 bits per heavy atom. The first-order chi connectivity index (χ1) is 23.4. The highest BCUT2D eigenvalue weighted by Gasteiger charge is 2.57. The smallest absolute Gasteiger partial charge is 0.357 e. The molecule has 4 nitrogen and oxygen atoms in total. The van der Waals surface area contributed by atoms with Crippen LogP contribution >= 0.6 is 11.3 Å². The monoisotopic (exact) mass is 616 g/mol. The van der Waals surface area contributed by atoms with E-state index in [0.717, 1.165) is 0 Å². The fraction of sp³-hybridized carbons (Fsp3) is 0. The Balaban J connectivity index is 1.25. The quantitative estimate of drug-likeness (QED) is 0.180. The van der Waals surface area contributed by atoms with Crippen LogP contribution < -0.4 is 30.2 Å². The summed E-state index contributed by atoms with van der Waals surface area (Å²) in [5.41, 5.74) is 15.2. The van der Waals surface area contributed by atoms with E-state index in [1.807, 2.05) is 11.3 Å². The molecule has 0 bridgehead atoms. The lowest BCUT2D eigenvalue weighted by Gasteiger charge is -2.36. The lowest BCUT2D eigenvalue weighted by atomic mass is 9.59. The molecule has 47 heavy (non-hydrogen) atoms. The van der Waals surface area contributed by atoms with Crippen LogP contribution in [0.5, 0.6) is 0 Å². The van der Waals surface area contributed by atoms with Crippen molar-refractivity contribution in [1.82, 2.24) is 0 Å². The Morgan fingerprint density at radius 2 is 0.702 bits per heavy atom. The summed E-state index contributed by atoms with van der Waals surface area (Å²) in [6, 6.07) is 57.7. The first kappa shape index (κ1) is 25.5. The van der Waals surface area contributed by atoms with Gasteiger partial charge >= 0.3 is 14.0 Å². The molecule has 0 fully saturated rings. The number of anilines is 8. The van der Waals surface area contributed by atoms with E-state index >= 15 is 0 Å². The largest absolute Gasteiger partial charge is 0.422 e. The van der Waals surface area contributed by atoms with Gasteiger partial charge in [-0.3, -0.25) is 0 Å². The topological polar surface area (TPSA) is 13.0 Å². The maximum atomic E-state index is 2.60. The molecular formula is C40H26B2N4S. The molecule has 4 aliphatic rings. The minimum absolute atomic E-state index is 0.00938. The van der Waals surface area contributed by atoms with Crippen LogP contribution in [0.3, 0.4) is 0 Å². The zero-order valence-electron chi connectivity index (χ0n) is 25.4. The summed E-state index contributed by atoms with van der Waals surface area (Å²) in [5.74, 6) is 0. The molecular weight excluding hydrogens is 590 g/mol. The van der Waals surface area contributed by atoms with Gasteiger partial charge in [0, 0.05) is 33.9 Å². The van der Waals surface area contributed by atoms with Crippen molar-refractivity contribution in [3.63, 3.8) is 0 Å². The summed E-state index contributed by atoms with van der Waals surface area (Å²) in [6.07, 6.45) is 0. The Kier molecular flexibility index (Phi) is 5.13. The molecule has 218 valence electrons. The van der Waals surface area contributed by atoms with Gasteiger partial charge in [0.25, 0.3) is 0 Å². The molecule has 0 saturated carbocycles. The van der Waals surface area contributed by atoms with E-state index in [4.69, 9.17) is 0 Å². The van der Waals surface area contributed by atoms with Crippen molar-refractivity contribution in [3.05, 3.63) is 158 Å². The van der Waals surface area contributed by atoms with Crippen molar-refractivity contribution in [3.8, 4) is 22.3 Å². The van der Waals surface area contributed by atoms with Gasteiger partial charge in [-0.25, -0.2) is 0 Å². The van der Waals surface area contributed by atoms with Gasteiger partial charge in [-0.1, -0.05) is 133 Å². The van der Waals surface area contributed by atoms with Gasteiger partial charge in [0.1, 0.15) is 10.0 Å². The molecule has 0 N–H and O–H groups in total. The van der Waals surface area contributed by atoms with E-state index < -0.39 is 0 Å². The molecule has 0 saturated heterocycles. The minimum Gasteiger partial charge on any atom is -0.357 e.